The summed E-state index contributed by atoms with van der Waals surface area (Å²) in [6, 6.07) is 10.1. The second-order valence-corrected chi connectivity index (χ2v) is 3.44. The van der Waals surface area contributed by atoms with Gasteiger partial charge in [0.2, 0.25) is 5.91 Å². The van der Waals surface area contributed by atoms with Crippen molar-refractivity contribution in [3.05, 3.63) is 35.9 Å². The molecule has 90 valence electrons. The first-order valence-electron chi connectivity index (χ1n) is 5.28. The highest BCUT2D eigenvalue weighted by molar-refractivity contribution is 5.85. The average molecular weight is 243 g/mol. The Hall–Kier alpha value is -1.06. The Morgan fingerprint density at radius 3 is 2.50 bits per heavy atom. The highest BCUT2D eigenvalue weighted by Gasteiger charge is 2.00. The summed E-state index contributed by atoms with van der Waals surface area (Å²) in [4.78, 5) is 11.4. The lowest BCUT2D eigenvalue weighted by Gasteiger charge is -2.04. The van der Waals surface area contributed by atoms with Crippen molar-refractivity contribution >= 4 is 18.3 Å². The van der Waals surface area contributed by atoms with Crippen molar-refractivity contribution < 1.29 is 4.79 Å². The SMILES string of the molecule is CNCCNC(=O)CCc1ccccc1.Cl. The van der Waals surface area contributed by atoms with Gasteiger partial charge in [-0.05, 0) is 19.0 Å². The van der Waals surface area contributed by atoms with Crippen LogP contribution in [0.4, 0.5) is 0 Å². The molecule has 0 fully saturated rings. The maximum Gasteiger partial charge on any atom is 0.220 e. The third-order valence-corrected chi connectivity index (χ3v) is 2.18. The number of benzene rings is 1. The molecule has 0 radical (unpaired) electrons. The normalized spacial score (nSPS) is 9.31. The van der Waals surface area contributed by atoms with Gasteiger partial charge in [0.25, 0.3) is 0 Å². The molecule has 0 unspecified atom stereocenters. The molecule has 0 spiro atoms. The fourth-order valence-corrected chi connectivity index (χ4v) is 1.32. The molecule has 16 heavy (non-hydrogen) atoms. The molecule has 0 bridgehead atoms. The minimum absolute atomic E-state index is 0. The van der Waals surface area contributed by atoms with Gasteiger partial charge in [-0.1, -0.05) is 30.3 Å². The highest BCUT2D eigenvalue weighted by atomic mass is 35.5. The molecule has 0 atom stereocenters. The number of hydrogen-bond acceptors (Lipinski definition) is 2. The summed E-state index contributed by atoms with van der Waals surface area (Å²) in [7, 11) is 1.87. The van der Waals surface area contributed by atoms with Crippen molar-refractivity contribution in [2.75, 3.05) is 20.1 Å². The van der Waals surface area contributed by atoms with E-state index >= 15 is 0 Å². The first-order chi connectivity index (χ1) is 7.33. The molecule has 1 amide bonds. The lowest BCUT2D eigenvalue weighted by atomic mass is 10.1. The van der Waals surface area contributed by atoms with Gasteiger partial charge in [0.1, 0.15) is 0 Å². The molecular formula is C12H19ClN2O. The zero-order valence-corrected chi connectivity index (χ0v) is 10.3. The van der Waals surface area contributed by atoms with Crippen LogP contribution >= 0.6 is 12.4 Å². The van der Waals surface area contributed by atoms with Crippen LogP contribution in [-0.2, 0) is 11.2 Å². The lowest BCUT2D eigenvalue weighted by molar-refractivity contribution is -0.121. The monoisotopic (exact) mass is 242 g/mol. The van der Waals surface area contributed by atoms with Crippen LogP contribution in [0.5, 0.6) is 0 Å². The van der Waals surface area contributed by atoms with Crippen LogP contribution in [0, 0.1) is 0 Å². The Bertz CT molecular complexity index is 290. The van der Waals surface area contributed by atoms with E-state index in [-0.39, 0.29) is 18.3 Å². The Morgan fingerprint density at radius 2 is 1.88 bits per heavy atom. The van der Waals surface area contributed by atoms with Gasteiger partial charge in [0.05, 0.1) is 0 Å². The molecule has 0 aliphatic carbocycles. The first-order valence-corrected chi connectivity index (χ1v) is 5.28. The molecule has 0 heterocycles. The van der Waals surface area contributed by atoms with E-state index in [0.717, 1.165) is 13.0 Å². The van der Waals surface area contributed by atoms with Gasteiger partial charge >= 0.3 is 0 Å². The van der Waals surface area contributed by atoms with Crippen LogP contribution < -0.4 is 10.6 Å². The zero-order valence-electron chi connectivity index (χ0n) is 9.53. The van der Waals surface area contributed by atoms with Gasteiger partial charge in [-0.25, -0.2) is 0 Å². The summed E-state index contributed by atoms with van der Waals surface area (Å²) in [5.41, 5.74) is 1.21. The summed E-state index contributed by atoms with van der Waals surface area (Å²) in [6.07, 6.45) is 1.37. The summed E-state index contributed by atoms with van der Waals surface area (Å²) in [6.45, 7) is 1.52. The number of aryl methyl sites for hydroxylation is 1. The second kappa shape index (κ2) is 9.19. The summed E-state index contributed by atoms with van der Waals surface area (Å²) < 4.78 is 0. The fraction of sp³-hybridized carbons (Fsp3) is 0.417. The maximum absolute atomic E-state index is 11.4. The molecule has 4 heteroatoms. The van der Waals surface area contributed by atoms with Gasteiger partial charge in [-0.15, -0.1) is 12.4 Å². The van der Waals surface area contributed by atoms with Gasteiger partial charge in [-0.3, -0.25) is 4.79 Å². The molecule has 2 N–H and O–H groups in total. The molecule has 0 aliphatic heterocycles. The van der Waals surface area contributed by atoms with E-state index in [1.165, 1.54) is 5.56 Å². The number of rotatable bonds is 6. The minimum atomic E-state index is 0. The van der Waals surface area contributed by atoms with E-state index in [1.807, 2.05) is 37.4 Å². The van der Waals surface area contributed by atoms with Gasteiger partial charge in [-0.2, -0.15) is 0 Å². The summed E-state index contributed by atoms with van der Waals surface area (Å²) in [5.74, 6) is 0.120. The third-order valence-electron chi connectivity index (χ3n) is 2.18. The van der Waals surface area contributed by atoms with E-state index in [4.69, 9.17) is 0 Å². The molecule has 0 aromatic heterocycles. The van der Waals surface area contributed by atoms with E-state index in [2.05, 4.69) is 10.6 Å². The second-order valence-electron chi connectivity index (χ2n) is 3.44. The maximum atomic E-state index is 11.4. The van der Waals surface area contributed by atoms with Crippen molar-refractivity contribution in [3.8, 4) is 0 Å². The Kier molecular flexibility index (Phi) is 8.58. The Morgan fingerprint density at radius 1 is 1.19 bits per heavy atom. The van der Waals surface area contributed by atoms with Crippen molar-refractivity contribution in [2.24, 2.45) is 0 Å². The summed E-state index contributed by atoms with van der Waals surface area (Å²) >= 11 is 0. The molecule has 3 nitrogen and oxygen atoms in total. The van der Waals surface area contributed by atoms with Crippen LogP contribution in [-0.4, -0.2) is 26.0 Å². The number of halogens is 1. The predicted octanol–water partition coefficient (Wildman–Crippen LogP) is 1.38. The predicted molar refractivity (Wildman–Crippen MR) is 68.9 cm³/mol. The largest absolute Gasteiger partial charge is 0.355 e. The van der Waals surface area contributed by atoms with Crippen molar-refractivity contribution in [3.63, 3.8) is 0 Å². The van der Waals surface area contributed by atoms with E-state index in [0.29, 0.717) is 13.0 Å². The van der Waals surface area contributed by atoms with Crippen LogP contribution in [0.15, 0.2) is 30.3 Å². The molecule has 1 aromatic rings. The smallest absolute Gasteiger partial charge is 0.220 e. The molecule has 0 aliphatic rings. The van der Waals surface area contributed by atoms with Crippen LogP contribution in [0.3, 0.4) is 0 Å². The van der Waals surface area contributed by atoms with Gasteiger partial charge < -0.3 is 10.6 Å². The van der Waals surface area contributed by atoms with Crippen LogP contribution in [0.1, 0.15) is 12.0 Å². The molecule has 0 saturated heterocycles. The molecule has 1 rings (SSSR count). The summed E-state index contributed by atoms with van der Waals surface area (Å²) in [5, 5.41) is 5.83. The number of carbonyl (C=O) groups is 1. The van der Waals surface area contributed by atoms with Crippen LogP contribution in [0.2, 0.25) is 0 Å². The van der Waals surface area contributed by atoms with Crippen molar-refractivity contribution in [2.45, 2.75) is 12.8 Å². The zero-order chi connectivity index (χ0) is 10.9. The fourth-order valence-electron chi connectivity index (χ4n) is 1.32. The first kappa shape index (κ1) is 14.9. The lowest BCUT2D eigenvalue weighted by Crippen LogP contribution is -2.30. The quantitative estimate of drug-likeness (QED) is 0.740. The van der Waals surface area contributed by atoms with Gasteiger partial charge in [0.15, 0.2) is 0 Å². The average Bonchev–Trinajstić information content (AvgIpc) is 2.28. The molecule has 0 saturated carbocycles. The Labute approximate surface area is 103 Å². The number of carbonyl (C=O) groups excluding carboxylic acids is 1. The number of nitrogens with one attached hydrogen (secondary N) is 2. The highest BCUT2D eigenvalue weighted by Crippen LogP contribution is 2.01. The number of hydrogen-bond donors (Lipinski definition) is 2. The van der Waals surface area contributed by atoms with Crippen LogP contribution in [0.25, 0.3) is 0 Å². The Balaban J connectivity index is 0.00000225. The topological polar surface area (TPSA) is 41.1 Å². The number of likely N-dealkylation sites (N-methyl/N-ethyl adjacent to an activating group) is 1. The van der Waals surface area contributed by atoms with Crippen molar-refractivity contribution in [1.82, 2.24) is 10.6 Å². The standard InChI is InChI=1S/C12H18N2O.ClH/c1-13-9-10-14-12(15)8-7-11-5-3-2-4-6-11;/h2-6,13H,7-10H2,1H3,(H,14,15);1H. The molecular weight excluding hydrogens is 224 g/mol. The number of amides is 1. The van der Waals surface area contributed by atoms with Gasteiger partial charge in [0, 0.05) is 19.5 Å². The molecule has 1 aromatic carbocycles. The minimum Gasteiger partial charge on any atom is -0.355 e. The third kappa shape index (κ3) is 6.43. The van der Waals surface area contributed by atoms with E-state index in [9.17, 15) is 4.79 Å². The van der Waals surface area contributed by atoms with E-state index in [1.54, 1.807) is 0 Å². The van der Waals surface area contributed by atoms with E-state index < -0.39 is 0 Å². The van der Waals surface area contributed by atoms with Crippen molar-refractivity contribution in [1.29, 1.82) is 0 Å².